The zero-order valence-electron chi connectivity index (χ0n) is 11.9. The van der Waals surface area contributed by atoms with E-state index < -0.39 is 0 Å². The van der Waals surface area contributed by atoms with Crippen molar-refractivity contribution < 1.29 is 4.79 Å². The molecule has 0 bridgehead atoms. The van der Waals surface area contributed by atoms with Gasteiger partial charge >= 0.3 is 0 Å². The van der Waals surface area contributed by atoms with Crippen molar-refractivity contribution >= 4 is 5.91 Å². The Bertz CT molecular complexity index is 593. The van der Waals surface area contributed by atoms with E-state index in [0.29, 0.717) is 11.6 Å². The van der Waals surface area contributed by atoms with Crippen LogP contribution in [0.15, 0.2) is 36.9 Å². The molecule has 2 aromatic rings. The molecule has 2 N–H and O–H groups in total. The second kappa shape index (κ2) is 6.05. The average Bonchev–Trinajstić information content (AvgIpc) is 3.13. The van der Waals surface area contributed by atoms with Crippen molar-refractivity contribution in [1.29, 1.82) is 0 Å². The molecule has 0 aliphatic carbocycles. The first-order valence-electron chi connectivity index (χ1n) is 7.17. The summed E-state index contributed by atoms with van der Waals surface area (Å²) in [6.07, 6.45) is 5.72. The van der Waals surface area contributed by atoms with Gasteiger partial charge < -0.3 is 5.73 Å². The maximum Gasteiger partial charge on any atom is 0.248 e. The number of hydrogen-bond donors (Lipinski definition) is 1. The van der Waals surface area contributed by atoms with Crippen LogP contribution in [-0.4, -0.2) is 38.2 Å². The molecule has 3 rings (SSSR count). The molecule has 1 aromatic carbocycles. The van der Waals surface area contributed by atoms with E-state index in [1.54, 1.807) is 24.8 Å². The van der Waals surface area contributed by atoms with Gasteiger partial charge in [0.25, 0.3) is 0 Å². The van der Waals surface area contributed by atoms with Crippen LogP contribution in [0.4, 0.5) is 0 Å². The van der Waals surface area contributed by atoms with Crippen LogP contribution in [0.5, 0.6) is 0 Å². The molecular formula is C15H19N5O. The van der Waals surface area contributed by atoms with Crippen molar-refractivity contribution in [2.45, 2.75) is 32.0 Å². The fourth-order valence-corrected chi connectivity index (χ4v) is 2.86. The highest BCUT2D eigenvalue weighted by Gasteiger charge is 2.25. The van der Waals surface area contributed by atoms with E-state index in [1.165, 1.54) is 18.4 Å². The summed E-state index contributed by atoms with van der Waals surface area (Å²) in [6.45, 7) is 2.86. The van der Waals surface area contributed by atoms with E-state index >= 15 is 0 Å². The number of hydrogen-bond acceptors (Lipinski definition) is 4. The van der Waals surface area contributed by atoms with E-state index in [9.17, 15) is 4.79 Å². The molecular weight excluding hydrogens is 266 g/mol. The lowest BCUT2D eigenvalue weighted by molar-refractivity contribution is 0.100. The highest BCUT2D eigenvalue weighted by Crippen LogP contribution is 2.21. The minimum Gasteiger partial charge on any atom is -0.366 e. The minimum absolute atomic E-state index is 0.383. The molecule has 1 saturated heterocycles. The third kappa shape index (κ3) is 3.28. The number of amides is 1. The number of primary amides is 1. The quantitative estimate of drug-likeness (QED) is 0.890. The maximum atomic E-state index is 11.1. The van der Waals surface area contributed by atoms with E-state index in [0.717, 1.165) is 19.6 Å². The summed E-state index contributed by atoms with van der Waals surface area (Å²) < 4.78 is 1.89. The first-order valence-corrected chi connectivity index (χ1v) is 7.17. The Labute approximate surface area is 123 Å². The lowest BCUT2D eigenvalue weighted by Crippen LogP contribution is -2.32. The molecule has 1 aliphatic heterocycles. The zero-order chi connectivity index (χ0) is 14.7. The monoisotopic (exact) mass is 285 g/mol. The highest BCUT2D eigenvalue weighted by atomic mass is 16.1. The van der Waals surface area contributed by atoms with Crippen molar-refractivity contribution in [3.63, 3.8) is 0 Å². The summed E-state index contributed by atoms with van der Waals surface area (Å²) in [5, 5.41) is 4.18. The first kappa shape index (κ1) is 13.8. The second-order valence-corrected chi connectivity index (χ2v) is 5.45. The topological polar surface area (TPSA) is 77.0 Å². The smallest absolute Gasteiger partial charge is 0.248 e. The van der Waals surface area contributed by atoms with Crippen LogP contribution in [0, 0.1) is 0 Å². The summed E-state index contributed by atoms with van der Waals surface area (Å²) in [7, 11) is 0. The Balaban J connectivity index is 1.64. The van der Waals surface area contributed by atoms with Crippen LogP contribution in [0.25, 0.3) is 0 Å². The van der Waals surface area contributed by atoms with Gasteiger partial charge in [-0.3, -0.25) is 14.4 Å². The number of rotatable bonds is 5. The zero-order valence-corrected chi connectivity index (χ0v) is 11.9. The van der Waals surface area contributed by atoms with Crippen LogP contribution >= 0.6 is 0 Å². The SMILES string of the molecule is NC(=O)c1ccc(CN2CCCC2Cn2cncn2)cc1. The van der Waals surface area contributed by atoms with Gasteiger partial charge in [-0.05, 0) is 37.1 Å². The van der Waals surface area contributed by atoms with Gasteiger partial charge in [-0.2, -0.15) is 5.10 Å². The van der Waals surface area contributed by atoms with Crippen molar-refractivity contribution in [3.8, 4) is 0 Å². The fraction of sp³-hybridized carbons (Fsp3) is 0.400. The predicted octanol–water partition coefficient (Wildman–Crippen LogP) is 1.04. The van der Waals surface area contributed by atoms with E-state index in [-0.39, 0.29) is 5.91 Å². The van der Waals surface area contributed by atoms with Gasteiger partial charge in [0, 0.05) is 18.2 Å². The van der Waals surface area contributed by atoms with E-state index in [1.807, 2.05) is 16.8 Å². The molecule has 6 nitrogen and oxygen atoms in total. The molecule has 21 heavy (non-hydrogen) atoms. The number of benzene rings is 1. The molecule has 0 saturated carbocycles. The molecule has 110 valence electrons. The van der Waals surface area contributed by atoms with Crippen LogP contribution in [-0.2, 0) is 13.1 Å². The van der Waals surface area contributed by atoms with Gasteiger partial charge in [-0.25, -0.2) is 4.98 Å². The number of nitrogens with zero attached hydrogens (tertiary/aromatic N) is 4. The number of carbonyl (C=O) groups is 1. The molecule has 1 fully saturated rings. The fourth-order valence-electron chi connectivity index (χ4n) is 2.86. The standard InChI is InChI=1S/C15H19N5O/c16-15(21)13-5-3-12(4-6-13)8-19-7-1-2-14(19)9-20-11-17-10-18-20/h3-6,10-11,14H,1-2,7-9H2,(H2,16,21). The Morgan fingerprint density at radius 3 is 2.81 bits per heavy atom. The average molecular weight is 285 g/mol. The lowest BCUT2D eigenvalue weighted by atomic mass is 10.1. The van der Waals surface area contributed by atoms with E-state index in [4.69, 9.17) is 5.73 Å². The largest absolute Gasteiger partial charge is 0.366 e. The summed E-state index contributed by atoms with van der Waals surface area (Å²) in [5.74, 6) is -0.383. The van der Waals surface area contributed by atoms with Crippen molar-refractivity contribution in [2.24, 2.45) is 5.73 Å². The van der Waals surface area contributed by atoms with Gasteiger partial charge in [0.2, 0.25) is 5.91 Å². The molecule has 1 atom stereocenters. The molecule has 0 radical (unpaired) electrons. The van der Waals surface area contributed by atoms with Gasteiger partial charge in [0.05, 0.1) is 6.54 Å². The highest BCUT2D eigenvalue weighted by molar-refractivity contribution is 5.92. The summed E-state index contributed by atoms with van der Waals surface area (Å²) in [4.78, 5) is 17.5. The Hall–Kier alpha value is -2.21. The second-order valence-electron chi connectivity index (χ2n) is 5.45. The normalized spacial score (nSPS) is 19.0. The third-order valence-electron chi connectivity index (χ3n) is 3.99. The summed E-state index contributed by atoms with van der Waals surface area (Å²) in [5.41, 5.74) is 7.01. The van der Waals surface area contributed by atoms with Gasteiger partial charge in [-0.1, -0.05) is 12.1 Å². The number of likely N-dealkylation sites (tertiary alicyclic amines) is 1. The van der Waals surface area contributed by atoms with Crippen LogP contribution in [0.3, 0.4) is 0 Å². The molecule has 1 aliphatic rings. The molecule has 1 amide bonds. The molecule has 2 heterocycles. The van der Waals surface area contributed by atoms with Gasteiger partial charge in [-0.15, -0.1) is 0 Å². The third-order valence-corrected chi connectivity index (χ3v) is 3.99. The summed E-state index contributed by atoms with van der Waals surface area (Å²) in [6, 6.07) is 8.03. The number of nitrogens with two attached hydrogens (primary N) is 1. The molecule has 6 heteroatoms. The van der Waals surface area contributed by atoms with Gasteiger partial charge in [0.15, 0.2) is 0 Å². The Morgan fingerprint density at radius 2 is 2.14 bits per heavy atom. The summed E-state index contributed by atoms with van der Waals surface area (Å²) >= 11 is 0. The molecule has 0 spiro atoms. The Morgan fingerprint density at radius 1 is 1.33 bits per heavy atom. The van der Waals surface area contributed by atoms with Crippen molar-refractivity contribution in [2.75, 3.05) is 6.54 Å². The lowest BCUT2D eigenvalue weighted by Gasteiger charge is -2.24. The number of carbonyl (C=O) groups excluding carboxylic acids is 1. The first-order chi connectivity index (χ1) is 10.2. The number of aromatic nitrogens is 3. The molecule has 1 aromatic heterocycles. The predicted molar refractivity (Wildman–Crippen MR) is 78.4 cm³/mol. The van der Waals surface area contributed by atoms with Crippen molar-refractivity contribution in [3.05, 3.63) is 48.0 Å². The maximum absolute atomic E-state index is 11.1. The Kier molecular flexibility index (Phi) is 3.96. The van der Waals surface area contributed by atoms with Crippen molar-refractivity contribution in [1.82, 2.24) is 19.7 Å². The van der Waals surface area contributed by atoms with Crippen LogP contribution in [0.1, 0.15) is 28.8 Å². The van der Waals surface area contributed by atoms with E-state index in [2.05, 4.69) is 15.0 Å². The van der Waals surface area contributed by atoms with Crippen LogP contribution < -0.4 is 5.73 Å². The minimum atomic E-state index is -0.383. The molecule has 1 unspecified atom stereocenters. The van der Waals surface area contributed by atoms with Crippen LogP contribution in [0.2, 0.25) is 0 Å². The van der Waals surface area contributed by atoms with Gasteiger partial charge in [0.1, 0.15) is 12.7 Å².